The van der Waals surface area contributed by atoms with Gasteiger partial charge in [-0.2, -0.15) is 0 Å². The summed E-state index contributed by atoms with van der Waals surface area (Å²) < 4.78 is 0. The lowest BCUT2D eigenvalue weighted by Gasteiger charge is -2.10. The molecule has 0 aromatic rings. The van der Waals surface area contributed by atoms with E-state index in [1.165, 1.54) is 31.3 Å². The van der Waals surface area contributed by atoms with Crippen molar-refractivity contribution in [3.8, 4) is 0 Å². The lowest BCUT2D eigenvalue weighted by Crippen LogP contribution is -1.95. The van der Waals surface area contributed by atoms with Gasteiger partial charge in [0.1, 0.15) is 0 Å². The van der Waals surface area contributed by atoms with Crippen LogP contribution in [0.1, 0.15) is 46.5 Å². The number of hydrogen-bond donors (Lipinski definition) is 0. The fourth-order valence-electron chi connectivity index (χ4n) is 1.25. The summed E-state index contributed by atoms with van der Waals surface area (Å²) in [5, 5.41) is 0. The van der Waals surface area contributed by atoms with Gasteiger partial charge in [0.25, 0.3) is 0 Å². The second-order valence-corrected chi connectivity index (χ2v) is 3.46. The van der Waals surface area contributed by atoms with E-state index in [0.717, 1.165) is 0 Å². The summed E-state index contributed by atoms with van der Waals surface area (Å²) in [7, 11) is 0. The fourth-order valence-corrected chi connectivity index (χ4v) is 1.25. The predicted molar refractivity (Wildman–Crippen MR) is 57.3 cm³/mol. The van der Waals surface area contributed by atoms with E-state index in [0.29, 0.717) is 5.92 Å². The van der Waals surface area contributed by atoms with E-state index in [9.17, 15) is 0 Å². The van der Waals surface area contributed by atoms with Crippen molar-refractivity contribution in [3.05, 3.63) is 24.3 Å². The first kappa shape index (κ1) is 11.5. The van der Waals surface area contributed by atoms with Crippen molar-refractivity contribution in [2.75, 3.05) is 0 Å². The van der Waals surface area contributed by atoms with Crippen LogP contribution < -0.4 is 0 Å². The minimum atomic E-state index is 0.613. The molecule has 0 saturated heterocycles. The zero-order chi connectivity index (χ0) is 9.40. The van der Waals surface area contributed by atoms with E-state index < -0.39 is 0 Å². The van der Waals surface area contributed by atoms with Gasteiger partial charge in [-0.25, -0.2) is 0 Å². The largest absolute Gasteiger partial charge is 0.0995 e. The Morgan fingerprint density at radius 1 is 1.33 bits per heavy atom. The lowest BCUT2D eigenvalue weighted by molar-refractivity contribution is 0.657. The average Bonchev–Trinajstić information content (AvgIpc) is 2.03. The Bertz CT molecular complexity index is 142. The van der Waals surface area contributed by atoms with Crippen molar-refractivity contribution >= 4 is 0 Å². The maximum Gasteiger partial charge on any atom is -0.00288 e. The highest BCUT2D eigenvalue weighted by Crippen LogP contribution is 2.16. The molecule has 0 aliphatic rings. The second kappa shape index (κ2) is 7.15. The van der Waals surface area contributed by atoms with E-state index in [4.69, 9.17) is 0 Å². The second-order valence-electron chi connectivity index (χ2n) is 3.46. The third kappa shape index (κ3) is 5.17. The Morgan fingerprint density at radius 3 is 2.42 bits per heavy atom. The molecule has 0 nitrogen and oxygen atoms in total. The van der Waals surface area contributed by atoms with Crippen molar-refractivity contribution in [1.29, 1.82) is 0 Å². The molecule has 0 amide bonds. The molecule has 0 bridgehead atoms. The highest BCUT2D eigenvalue weighted by molar-refractivity contribution is 5.06. The third-order valence-corrected chi connectivity index (χ3v) is 2.06. The summed E-state index contributed by atoms with van der Waals surface area (Å²) in [6.45, 7) is 10.6. The fraction of sp³-hybridized carbons (Fsp3) is 0.667. The first-order chi connectivity index (χ1) is 5.72. The molecule has 0 rings (SSSR count). The summed E-state index contributed by atoms with van der Waals surface area (Å²) >= 11 is 0. The maximum absolute atomic E-state index is 4.00. The molecule has 0 aromatic carbocycles. The van der Waals surface area contributed by atoms with E-state index in [-0.39, 0.29) is 0 Å². The van der Waals surface area contributed by atoms with Gasteiger partial charge >= 0.3 is 0 Å². The maximum atomic E-state index is 4.00. The molecule has 0 aliphatic carbocycles. The Kier molecular flexibility index (Phi) is 6.84. The smallest absolute Gasteiger partial charge is 0.00288 e. The van der Waals surface area contributed by atoms with Gasteiger partial charge in [-0.15, -0.1) is 0 Å². The van der Waals surface area contributed by atoms with Crippen LogP contribution >= 0.6 is 0 Å². The van der Waals surface area contributed by atoms with Crippen LogP contribution in [-0.4, -0.2) is 0 Å². The van der Waals surface area contributed by atoms with Crippen LogP contribution in [0.15, 0.2) is 24.3 Å². The van der Waals surface area contributed by atoms with Crippen LogP contribution in [-0.2, 0) is 0 Å². The molecule has 12 heavy (non-hydrogen) atoms. The Hall–Kier alpha value is -0.520. The van der Waals surface area contributed by atoms with Gasteiger partial charge in [0.05, 0.1) is 0 Å². The molecule has 0 fully saturated rings. The standard InChI is InChI=1S/C12H22/c1-5-7-8-10-12(9-6-2)11(3)4/h8,10,12H,3,5-7,9H2,1-2,4H3. The Balaban J connectivity index is 3.85. The normalized spacial score (nSPS) is 13.6. The van der Waals surface area contributed by atoms with Gasteiger partial charge in [-0.05, 0) is 25.7 Å². The summed E-state index contributed by atoms with van der Waals surface area (Å²) in [5.74, 6) is 0.613. The van der Waals surface area contributed by atoms with Crippen molar-refractivity contribution in [3.63, 3.8) is 0 Å². The van der Waals surface area contributed by atoms with Gasteiger partial charge in [0.2, 0.25) is 0 Å². The van der Waals surface area contributed by atoms with Crippen LogP contribution in [0.3, 0.4) is 0 Å². The molecular formula is C12H22. The van der Waals surface area contributed by atoms with Gasteiger partial charge in [-0.3, -0.25) is 0 Å². The van der Waals surface area contributed by atoms with E-state index in [2.05, 4.69) is 39.5 Å². The summed E-state index contributed by atoms with van der Waals surface area (Å²) in [6, 6.07) is 0. The van der Waals surface area contributed by atoms with Crippen molar-refractivity contribution < 1.29 is 0 Å². The van der Waals surface area contributed by atoms with Gasteiger partial charge in [-0.1, -0.05) is 51.0 Å². The zero-order valence-corrected chi connectivity index (χ0v) is 8.77. The van der Waals surface area contributed by atoms with Gasteiger partial charge in [0.15, 0.2) is 0 Å². The molecule has 1 unspecified atom stereocenters. The number of allylic oxidation sites excluding steroid dienone is 3. The average molecular weight is 166 g/mol. The molecule has 0 saturated carbocycles. The van der Waals surface area contributed by atoms with Crippen LogP contribution in [0, 0.1) is 5.92 Å². The molecule has 0 aliphatic heterocycles. The van der Waals surface area contributed by atoms with Crippen molar-refractivity contribution in [1.82, 2.24) is 0 Å². The lowest BCUT2D eigenvalue weighted by atomic mass is 9.96. The predicted octanol–water partition coefficient (Wildman–Crippen LogP) is 4.34. The molecule has 0 heteroatoms. The topological polar surface area (TPSA) is 0 Å². The van der Waals surface area contributed by atoms with Gasteiger partial charge < -0.3 is 0 Å². The number of rotatable bonds is 6. The minimum absolute atomic E-state index is 0.613. The number of unbranched alkanes of at least 4 members (excludes halogenated alkanes) is 1. The van der Waals surface area contributed by atoms with Gasteiger partial charge in [0, 0.05) is 0 Å². The van der Waals surface area contributed by atoms with E-state index in [1.807, 2.05) is 0 Å². The van der Waals surface area contributed by atoms with Crippen LogP contribution in [0.5, 0.6) is 0 Å². The number of hydrogen-bond acceptors (Lipinski definition) is 0. The summed E-state index contributed by atoms with van der Waals surface area (Å²) in [6.07, 6.45) is 9.53. The SMILES string of the molecule is C=C(C)C(C=CCCC)CCC. The summed E-state index contributed by atoms with van der Waals surface area (Å²) in [4.78, 5) is 0. The Labute approximate surface area is 77.4 Å². The molecule has 0 aromatic heterocycles. The molecule has 0 spiro atoms. The van der Waals surface area contributed by atoms with Crippen molar-refractivity contribution in [2.45, 2.75) is 46.5 Å². The third-order valence-electron chi connectivity index (χ3n) is 2.06. The molecule has 0 heterocycles. The highest BCUT2D eigenvalue weighted by atomic mass is 14.1. The Morgan fingerprint density at radius 2 is 2.00 bits per heavy atom. The molecule has 1 atom stereocenters. The highest BCUT2D eigenvalue weighted by Gasteiger charge is 2.02. The van der Waals surface area contributed by atoms with E-state index in [1.54, 1.807) is 0 Å². The summed E-state index contributed by atoms with van der Waals surface area (Å²) in [5.41, 5.74) is 1.30. The molecular weight excluding hydrogens is 144 g/mol. The minimum Gasteiger partial charge on any atom is -0.0995 e. The first-order valence-electron chi connectivity index (χ1n) is 5.04. The van der Waals surface area contributed by atoms with Crippen molar-refractivity contribution in [2.24, 2.45) is 5.92 Å². The van der Waals surface area contributed by atoms with Crippen LogP contribution in [0.25, 0.3) is 0 Å². The quantitative estimate of drug-likeness (QED) is 0.515. The van der Waals surface area contributed by atoms with Crippen LogP contribution in [0.2, 0.25) is 0 Å². The monoisotopic (exact) mass is 166 g/mol. The molecule has 0 radical (unpaired) electrons. The van der Waals surface area contributed by atoms with E-state index >= 15 is 0 Å². The molecule has 70 valence electrons. The first-order valence-corrected chi connectivity index (χ1v) is 5.04. The van der Waals surface area contributed by atoms with Crippen LogP contribution in [0.4, 0.5) is 0 Å². The zero-order valence-electron chi connectivity index (χ0n) is 8.77. The molecule has 0 N–H and O–H groups in total.